The highest BCUT2D eigenvalue weighted by atomic mass is 35.6. The molecule has 0 aromatic heterocycles. The lowest BCUT2D eigenvalue weighted by atomic mass is 10.2. The number of nitrogens with zero attached hydrogens (tertiary/aromatic N) is 2. The molecule has 4 nitrogen and oxygen atoms in total. The molecule has 0 aliphatic heterocycles. The number of hydrogen-bond acceptors (Lipinski definition) is 2. The molecular weight excluding hydrogens is 311 g/mol. The van der Waals surface area contributed by atoms with Crippen molar-refractivity contribution in [3.05, 3.63) is 47.5 Å². The minimum absolute atomic E-state index is 0.293. The van der Waals surface area contributed by atoms with Crippen LogP contribution in [-0.4, -0.2) is 26.9 Å². The van der Waals surface area contributed by atoms with E-state index in [1.54, 1.807) is 6.08 Å². The fourth-order valence-corrected chi connectivity index (χ4v) is 1.27. The molecule has 0 aliphatic carbocycles. The molecule has 0 spiro atoms. The molecule has 0 atom stereocenters. The lowest BCUT2D eigenvalue weighted by Gasteiger charge is -2.08. The van der Waals surface area contributed by atoms with Gasteiger partial charge in [0.05, 0.1) is 0 Å². The Bertz CT molecular complexity index is 518. The summed E-state index contributed by atoms with van der Waals surface area (Å²) in [6.07, 6.45) is 2.89. The molecule has 0 fully saturated rings. The zero-order valence-electron chi connectivity index (χ0n) is 9.59. The van der Waals surface area contributed by atoms with E-state index < -0.39 is 16.4 Å². The van der Waals surface area contributed by atoms with Crippen LogP contribution in [-0.2, 0) is 9.53 Å². The third-order valence-electron chi connectivity index (χ3n) is 1.92. The quantitative estimate of drug-likeness (QED) is 0.281. The van der Waals surface area contributed by atoms with E-state index in [0.29, 0.717) is 0 Å². The summed E-state index contributed by atoms with van der Waals surface area (Å²) in [5.41, 5.74) is 9.28. The number of halogens is 3. The van der Waals surface area contributed by atoms with E-state index in [1.807, 2.05) is 30.3 Å². The van der Waals surface area contributed by atoms with Crippen molar-refractivity contribution in [2.45, 2.75) is 3.79 Å². The van der Waals surface area contributed by atoms with Crippen molar-refractivity contribution >= 4 is 52.6 Å². The van der Waals surface area contributed by atoms with E-state index in [2.05, 4.69) is 9.53 Å². The molecule has 1 aromatic carbocycles. The lowest BCUT2D eigenvalue weighted by molar-refractivity contribution is -0.139. The van der Waals surface area contributed by atoms with Crippen molar-refractivity contribution in [1.29, 1.82) is 0 Å². The Labute approximate surface area is 125 Å². The molecule has 0 aliphatic rings. The number of benzene rings is 1. The summed E-state index contributed by atoms with van der Waals surface area (Å²) in [5, 5.41) is 0. The third kappa shape index (κ3) is 6.41. The molecule has 0 unspecified atom stereocenters. The minimum Gasteiger partial charge on any atom is -0.452 e. The highest BCUT2D eigenvalue weighted by Gasteiger charge is 2.26. The van der Waals surface area contributed by atoms with Gasteiger partial charge in [-0.25, -0.2) is 4.79 Å². The van der Waals surface area contributed by atoms with E-state index in [9.17, 15) is 4.79 Å². The first-order valence-corrected chi connectivity index (χ1v) is 6.25. The average Bonchev–Trinajstić information content (AvgIpc) is 2.37. The van der Waals surface area contributed by atoms with Crippen LogP contribution in [0.3, 0.4) is 0 Å². The zero-order chi connectivity index (χ0) is 14.3. The van der Waals surface area contributed by atoms with Gasteiger partial charge in [0.25, 0.3) is 0 Å². The summed E-state index contributed by atoms with van der Waals surface area (Å²) < 4.78 is 2.96. The summed E-state index contributed by atoms with van der Waals surface area (Å²) in [6, 6.07) is 9.15. The van der Waals surface area contributed by atoms with Crippen LogP contribution in [0.15, 0.2) is 36.4 Å². The smallest absolute Gasteiger partial charge is 0.421 e. The number of carbonyl (C=O) groups excluding carboxylic acids is 1. The van der Waals surface area contributed by atoms with E-state index >= 15 is 0 Å². The maximum Gasteiger partial charge on any atom is 0.421 e. The summed E-state index contributed by atoms with van der Waals surface area (Å²) in [6.45, 7) is -0.436. The number of hydrogen-bond donors (Lipinski definition) is 0. The highest BCUT2D eigenvalue weighted by Crippen LogP contribution is 2.25. The molecule has 0 N–H and O–H groups in total. The predicted octanol–water partition coefficient (Wildman–Crippen LogP) is 3.28. The maximum absolute atomic E-state index is 11.5. The summed E-state index contributed by atoms with van der Waals surface area (Å²) in [4.78, 5) is 14.3. The van der Waals surface area contributed by atoms with Crippen LogP contribution >= 0.6 is 34.8 Å². The molecule has 0 saturated carbocycles. The molecule has 100 valence electrons. The SMILES string of the molecule is [N-]=[N+]=C(/C=C/c1ccccc1)C(=O)OCC(Cl)(Cl)Cl. The van der Waals surface area contributed by atoms with Gasteiger partial charge in [0.15, 0.2) is 0 Å². The normalized spacial score (nSPS) is 11.1. The first kappa shape index (κ1) is 15.7. The van der Waals surface area contributed by atoms with Gasteiger partial charge in [-0.1, -0.05) is 65.1 Å². The van der Waals surface area contributed by atoms with Gasteiger partial charge in [-0.3, -0.25) is 0 Å². The van der Waals surface area contributed by atoms with Gasteiger partial charge in [0.2, 0.25) is 3.79 Å². The number of alkyl halides is 3. The van der Waals surface area contributed by atoms with Gasteiger partial charge in [-0.15, -0.1) is 0 Å². The van der Waals surface area contributed by atoms with Crippen LogP contribution in [0.5, 0.6) is 0 Å². The minimum atomic E-state index is -1.71. The Morgan fingerprint density at radius 2 is 1.95 bits per heavy atom. The number of ether oxygens (including phenoxy) is 1. The fraction of sp³-hybridized carbons (Fsp3) is 0.167. The van der Waals surface area contributed by atoms with E-state index in [0.717, 1.165) is 5.56 Å². The molecule has 1 aromatic rings. The van der Waals surface area contributed by atoms with Crippen molar-refractivity contribution < 1.29 is 14.3 Å². The van der Waals surface area contributed by atoms with E-state index in [-0.39, 0.29) is 5.71 Å². The molecule has 0 bridgehead atoms. The first-order chi connectivity index (χ1) is 8.92. The van der Waals surface area contributed by atoms with Crippen LogP contribution in [0.2, 0.25) is 0 Å². The lowest BCUT2D eigenvalue weighted by Crippen LogP contribution is -2.22. The summed E-state index contributed by atoms with van der Waals surface area (Å²) >= 11 is 16.3. The first-order valence-electron chi connectivity index (χ1n) is 5.11. The molecule has 0 amide bonds. The average molecular weight is 320 g/mol. The van der Waals surface area contributed by atoms with Gasteiger partial charge in [-0.2, -0.15) is 4.79 Å². The number of rotatable bonds is 4. The number of esters is 1. The maximum atomic E-state index is 11.5. The van der Waals surface area contributed by atoms with Crippen LogP contribution in [0.1, 0.15) is 5.56 Å². The fourth-order valence-electron chi connectivity index (χ4n) is 1.10. The van der Waals surface area contributed by atoms with Gasteiger partial charge in [0, 0.05) is 6.08 Å². The van der Waals surface area contributed by atoms with E-state index in [1.165, 1.54) is 6.08 Å². The second kappa shape index (κ2) is 7.31. The molecule has 0 saturated heterocycles. The van der Waals surface area contributed by atoms with Crippen molar-refractivity contribution in [3.63, 3.8) is 0 Å². The van der Waals surface area contributed by atoms with Crippen molar-refractivity contribution in [2.75, 3.05) is 6.61 Å². The monoisotopic (exact) mass is 318 g/mol. The van der Waals surface area contributed by atoms with Crippen LogP contribution in [0, 0.1) is 0 Å². The molecule has 19 heavy (non-hydrogen) atoms. The Morgan fingerprint density at radius 3 is 2.47 bits per heavy atom. The van der Waals surface area contributed by atoms with Crippen LogP contribution in [0.4, 0.5) is 0 Å². The molecular formula is C12H9Cl3N2O2. The van der Waals surface area contributed by atoms with Crippen molar-refractivity contribution in [1.82, 2.24) is 0 Å². The van der Waals surface area contributed by atoms with E-state index in [4.69, 9.17) is 40.3 Å². The highest BCUT2D eigenvalue weighted by molar-refractivity contribution is 6.67. The largest absolute Gasteiger partial charge is 0.452 e. The summed E-state index contributed by atoms with van der Waals surface area (Å²) in [7, 11) is 0. The molecule has 1 rings (SSSR count). The third-order valence-corrected chi connectivity index (χ3v) is 2.24. The van der Waals surface area contributed by atoms with Crippen molar-refractivity contribution in [3.8, 4) is 0 Å². The second-order valence-electron chi connectivity index (χ2n) is 3.42. The zero-order valence-corrected chi connectivity index (χ0v) is 11.9. The molecule has 0 radical (unpaired) electrons. The number of carbonyl (C=O) groups is 1. The van der Waals surface area contributed by atoms with Crippen LogP contribution < -0.4 is 0 Å². The Balaban J connectivity index is 2.67. The van der Waals surface area contributed by atoms with Crippen molar-refractivity contribution in [2.24, 2.45) is 0 Å². The summed E-state index contributed by atoms with van der Waals surface area (Å²) in [5.74, 6) is -0.888. The Kier molecular flexibility index (Phi) is 6.06. The van der Waals surface area contributed by atoms with Gasteiger partial charge >= 0.3 is 11.7 Å². The second-order valence-corrected chi connectivity index (χ2v) is 5.94. The molecule has 0 heterocycles. The molecule has 7 heteroatoms. The predicted molar refractivity (Wildman–Crippen MR) is 75.4 cm³/mol. The Morgan fingerprint density at radius 1 is 1.32 bits per heavy atom. The van der Waals surface area contributed by atoms with Crippen LogP contribution in [0.25, 0.3) is 11.6 Å². The van der Waals surface area contributed by atoms with Gasteiger partial charge < -0.3 is 10.3 Å². The van der Waals surface area contributed by atoms with Gasteiger partial charge in [-0.05, 0) is 11.6 Å². The Hall–Kier alpha value is -1.32. The van der Waals surface area contributed by atoms with Gasteiger partial charge in [0.1, 0.15) is 6.61 Å². The topological polar surface area (TPSA) is 62.7 Å². The standard InChI is InChI=1S/C12H9Cl3N2O2/c13-12(14,15)8-19-11(18)10(17-16)7-6-9-4-2-1-3-5-9/h1-7H,8H2/b7-6+.